The Bertz CT molecular complexity index is 397. The van der Waals surface area contributed by atoms with Gasteiger partial charge in [0.2, 0.25) is 0 Å². The molecule has 0 aromatic carbocycles. The lowest BCUT2D eigenvalue weighted by Crippen LogP contribution is -2.40. The van der Waals surface area contributed by atoms with E-state index in [2.05, 4.69) is 6.58 Å². The Labute approximate surface area is 138 Å². The first-order valence-electron chi connectivity index (χ1n) is 8.01. The van der Waals surface area contributed by atoms with E-state index in [1.54, 1.807) is 7.11 Å². The zero-order valence-corrected chi connectivity index (χ0v) is 14.5. The highest BCUT2D eigenvalue weighted by Crippen LogP contribution is 2.45. The van der Waals surface area contributed by atoms with Crippen molar-refractivity contribution in [3.05, 3.63) is 12.2 Å². The third kappa shape index (κ3) is 4.76. The number of hydrogen-bond acceptors (Lipinski definition) is 6. The maximum Gasteiger partial charge on any atom is 0.311 e. The smallest absolute Gasteiger partial charge is 0.311 e. The van der Waals surface area contributed by atoms with Gasteiger partial charge in [-0.1, -0.05) is 19.1 Å². The van der Waals surface area contributed by atoms with Crippen LogP contribution in [0.4, 0.5) is 0 Å². The first-order chi connectivity index (χ1) is 10.9. The van der Waals surface area contributed by atoms with Crippen molar-refractivity contribution in [3.8, 4) is 0 Å². The van der Waals surface area contributed by atoms with E-state index in [9.17, 15) is 15.0 Å². The van der Waals surface area contributed by atoms with E-state index < -0.39 is 18.0 Å². The van der Waals surface area contributed by atoms with Gasteiger partial charge < -0.3 is 24.4 Å². The van der Waals surface area contributed by atoms with E-state index in [1.165, 1.54) is 7.11 Å². The van der Waals surface area contributed by atoms with E-state index in [0.717, 1.165) is 12.0 Å². The summed E-state index contributed by atoms with van der Waals surface area (Å²) in [5.74, 6) is -1.34. The summed E-state index contributed by atoms with van der Waals surface area (Å²) in [5, 5.41) is 20.0. The monoisotopic (exact) mass is 330 g/mol. The summed E-state index contributed by atoms with van der Waals surface area (Å²) >= 11 is 0. The van der Waals surface area contributed by atoms with Gasteiger partial charge in [0, 0.05) is 13.7 Å². The molecule has 1 fully saturated rings. The highest BCUT2D eigenvalue weighted by Gasteiger charge is 2.48. The van der Waals surface area contributed by atoms with Gasteiger partial charge in [0.1, 0.15) is 6.79 Å². The first-order valence-corrected chi connectivity index (χ1v) is 8.01. The molecule has 6 nitrogen and oxygen atoms in total. The molecule has 0 radical (unpaired) electrons. The Morgan fingerprint density at radius 2 is 2.04 bits per heavy atom. The minimum Gasteiger partial charge on any atom is -0.469 e. The minimum atomic E-state index is -0.914. The van der Waals surface area contributed by atoms with Gasteiger partial charge in [-0.2, -0.15) is 0 Å². The standard InChI is InChI=1S/C17H30O6/c1-10(2)13-8-14(23-9-21-4)11(3)15(13)16(19)12(6-7-18)17(20)22-5/h11-16,18-19H,1,6-9H2,2-5H3/t11-,12+,13+,14-,15+,16+/m0/s1. The Hall–Kier alpha value is -0.950. The molecule has 0 amide bonds. The summed E-state index contributed by atoms with van der Waals surface area (Å²) in [6, 6.07) is 0. The molecule has 0 aromatic rings. The molecule has 1 saturated carbocycles. The van der Waals surface area contributed by atoms with E-state index in [4.69, 9.17) is 14.2 Å². The maximum atomic E-state index is 12.0. The van der Waals surface area contributed by atoms with Crippen molar-refractivity contribution in [1.29, 1.82) is 0 Å². The van der Waals surface area contributed by atoms with Crippen LogP contribution in [-0.4, -0.2) is 56.0 Å². The molecule has 0 saturated heterocycles. The Morgan fingerprint density at radius 1 is 1.39 bits per heavy atom. The highest BCUT2D eigenvalue weighted by molar-refractivity contribution is 5.73. The summed E-state index contributed by atoms with van der Waals surface area (Å²) in [6.45, 7) is 7.97. The Morgan fingerprint density at radius 3 is 2.52 bits per heavy atom. The average molecular weight is 330 g/mol. The number of methoxy groups -OCH3 is 2. The summed E-state index contributed by atoms with van der Waals surface area (Å²) < 4.78 is 15.5. The van der Waals surface area contributed by atoms with Gasteiger partial charge in [0.05, 0.1) is 25.2 Å². The number of ether oxygens (including phenoxy) is 3. The fraction of sp³-hybridized carbons (Fsp3) is 0.824. The van der Waals surface area contributed by atoms with Crippen molar-refractivity contribution >= 4 is 5.97 Å². The molecule has 0 unspecified atom stereocenters. The molecule has 1 aliphatic carbocycles. The molecule has 0 aromatic heterocycles. The van der Waals surface area contributed by atoms with Crippen LogP contribution in [0.3, 0.4) is 0 Å². The molecule has 23 heavy (non-hydrogen) atoms. The maximum absolute atomic E-state index is 12.0. The molecule has 0 spiro atoms. The normalized spacial score (nSPS) is 30.0. The van der Waals surface area contributed by atoms with Crippen LogP contribution in [-0.2, 0) is 19.0 Å². The predicted octanol–water partition coefficient (Wildman–Crippen LogP) is 1.36. The summed E-state index contributed by atoms with van der Waals surface area (Å²) in [5.41, 5.74) is 0.956. The molecule has 2 N–H and O–H groups in total. The zero-order valence-electron chi connectivity index (χ0n) is 14.5. The van der Waals surface area contributed by atoms with Crippen molar-refractivity contribution in [3.63, 3.8) is 0 Å². The number of allylic oxidation sites excluding steroid dienone is 1. The van der Waals surface area contributed by atoms with Gasteiger partial charge in [-0.3, -0.25) is 4.79 Å². The van der Waals surface area contributed by atoms with E-state index in [-0.39, 0.29) is 43.7 Å². The van der Waals surface area contributed by atoms with Crippen molar-refractivity contribution in [1.82, 2.24) is 0 Å². The van der Waals surface area contributed by atoms with Crippen molar-refractivity contribution < 1.29 is 29.2 Å². The molecular formula is C17H30O6. The third-order valence-corrected chi connectivity index (χ3v) is 4.93. The largest absolute Gasteiger partial charge is 0.469 e. The quantitative estimate of drug-likeness (QED) is 0.377. The first kappa shape index (κ1) is 20.1. The molecule has 1 rings (SSSR count). The number of esters is 1. The second-order valence-electron chi connectivity index (χ2n) is 6.37. The van der Waals surface area contributed by atoms with E-state index >= 15 is 0 Å². The molecule has 6 atom stereocenters. The lowest BCUT2D eigenvalue weighted by Gasteiger charge is -2.32. The summed E-state index contributed by atoms with van der Waals surface area (Å²) in [7, 11) is 2.86. The lowest BCUT2D eigenvalue weighted by atomic mass is 9.76. The number of carbonyl (C=O) groups excluding carboxylic acids is 1. The van der Waals surface area contributed by atoms with Crippen LogP contribution in [0, 0.1) is 23.7 Å². The van der Waals surface area contributed by atoms with Gasteiger partial charge >= 0.3 is 5.97 Å². The average Bonchev–Trinajstić information content (AvgIpc) is 2.86. The predicted molar refractivity (Wildman–Crippen MR) is 85.5 cm³/mol. The second kappa shape index (κ2) is 9.37. The van der Waals surface area contributed by atoms with Crippen molar-refractivity contribution in [2.75, 3.05) is 27.6 Å². The molecule has 6 heteroatoms. The van der Waals surface area contributed by atoms with Crippen LogP contribution in [0.15, 0.2) is 12.2 Å². The molecule has 0 heterocycles. The zero-order chi connectivity index (χ0) is 17.6. The Balaban J connectivity index is 2.98. The fourth-order valence-electron chi connectivity index (χ4n) is 3.68. The topological polar surface area (TPSA) is 85.2 Å². The SMILES string of the molecule is C=C(C)[C@H]1C[C@H](OCOC)[C@H](C)[C@H]1[C@H](O)[C@@H](CCO)C(=O)OC. The fourth-order valence-corrected chi connectivity index (χ4v) is 3.68. The number of rotatable bonds is 9. The number of aliphatic hydroxyl groups excluding tert-OH is 2. The molecule has 1 aliphatic rings. The van der Waals surface area contributed by atoms with Crippen LogP contribution in [0.5, 0.6) is 0 Å². The van der Waals surface area contributed by atoms with Gasteiger partial charge in [-0.25, -0.2) is 0 Å². The van der Waals surface area contributed by atoms with Crippen LogP contribution in [0.1, 0.15) is 26.7 Å². The van der Waals surface area contributed by atoms with Crippen LogP contribution >= 0.6 is 0 Å². The number of aliphatic hydroxyl groups is 2. The van der Waals surface area contributed by atoms with Crippen LogP contribution in [0.2, 0.25) is 0 Å². The van der Waals surface area contributed by atoms with Gasteiger partial charge in [-0.05, 0) is 37.5 Å². The summed E-state index contributed by atoms with van der Waals surface area (Å²) in [4.78, 5) is 12.0. The van der Waals surface area contributed by atoms with E-state index in [0.29, 0.717) is 0 Å². The van der Waals surface area contributed by atoms with Crippen LogP contribution < -0.4 is 0 Å². The van der Waals surface area contributed by atoms with Crippen molar-refractivity contribution in [2.24, 2.45) is 23.7 Å². The highest BCUT2D eigenvalue weighted by atomic mass is 16.7. The molecular weight excluding hydrogens is 300 g/mol. The number of carbonyl (C=O) groups is 1. The summed E-state index contributed by atoms with van der Waals surface area (Å²) in [6.07, 6.45) is -0.0794. The van der Waals surface area contributed by atoms with Gasteiger partial charge in [-0.15, -0.1) is 0 Å². The molecule has 0 aliphatic heterocycles. The van der Waals surface area contributed by atoms with Crippen molar-refractivity contribution in [2.45, 2.75) is 38.9 Å². The third-order valence-electron chi connectivity index (χ3n) is 4.93. The van der Waals surface area contributed by atoms with E-state index in [1.807, 2.05) is 13.8 Å². The Kier molecular flexibility index (Phi) is 8.19. The van der Waals surface area contributed by atoms with Gasteiger partial charge in [0.25, 0.3) is 0 Å². The minimum absolute atomic E-state index is 0.0349. The lowest BCUT2D eigenvalue weighted by molar-refractivity contribution is -0.153. The number of hydrogen-bond donors (Lipinski definition) is 2. The molecule has 134 valence electrons. The van der Waals surface area contributed by atoms with Gasteiger partial charge in [0.15, 0.2) is 0 Å². The molecule has 0 bridgehead atoms. The van der Waals surface area contributed by atoms with Crippen LogP contribution in [0.25, 0.3) is 0 Å². The second-order valence-corrected chi connectivity index (χ2v) is 6.37.